The summed E-state index contributed by atoms with van der Waals surface area (Å²) in [5.41, 5.74) is 0.464. The third-order valence-electron chi connectivity index (χ3n) is 2.16. The Labute approximate surface area is 97.1 Å². The molecule has 82 valence electrons. The number of imidazole rings is 1. The molecule has 1 aromatic heterocycles. The van der Waals surface area contributed by atoms with Crippen LogP contribution in [0, 0.1) is 0 Å². The van der Waals surface area contributed by atoms with Gasteiger partial charge in [-0.3, -0.25) is 9.36 Å². The molecule has 5 heteroatoms. The van der Waals surface area contributed by atoms with Crippen molar-refractivity contribution in [1.29, 1.82) is 0 Å². The Kier molecular flexibility index (Phi) is 3.03. The molecule has 0 fully saturated rings. The van der Waals surface area contributed by atoms with Crippen LogP contribution < -0.4 is 0 Å². The van der Waals surface area contributed by atoms with Gasteiger partial charge in [0.05, 0.1) is 0 Å². The van der Waals surface area contributed by atoms with E-state index in [0.717, 1.165) is 0 Å². The number of halogens is 1. The Morgan fingerprint density at radius 3 is 2.94 bits per heavy atom. The van der Waals surface area contributed by atoms with Gasteiger partial charge in [-0.2, -0.15) is 0 Å². The summed E-state index contributed by atoms with van der Waals surface area (Å²) < 4.78 is 1.23. The van der Waals surface area contributed by atoms with Crippen LogP contribution in [0.4, 0.5) is 0 Å². The van der Waals surface area contributed by atoms with E-state index in [2.05, 4.69) is 4.98 Å². The first-order valence-electron chi connectivity index (χ1n) is 4.64. The number of aliphatic hydroxyl groups is 1. The molecule has 0 aliphatic carbocycles. The van der Waals surface area contributed by atoms with Crippen LogP contribution in [0.5, 0.6) is 0 Å². The summed E-state index contributed by atoms with van der Waals surface area (Å²) in [7, 11) is 0. The lowest BCUT2D eigenvalue weighted by molar-refractivity contribution is 0.0654. The fourth-order valence-corrected chi connectivity index (χ4v) is 1.55. The van der Waals surface area contributed by atoms with Crippen molar-refractivity contribution < 1.29 is 9.90 Å². The van der Waals surface area contributed by atoms with Gasteiger partial charge in [0.25, 0.3) is 5.91 Å². The Morgan fingerprint density at radius 2 is 2.31 bits per heavy atom. The second kappa shape index (κ2) is 4.47. The van der Waals surface area contributed by atoms with Crippen molar-refractivity contribution in [3.8, 4) is 0 Å². The predicted octanol–water partition coefficient (Wildman–Crippen LogP) is 1.91. The van der Waals surface area contributed by atoms with E-state index < -0.39 is 12.0 Å². The molecule has 0 saturated carbocycles. The molecule has 0 amide bonds. The predicted molar refractivity (Wildman–Crippen MR) is 59.3 cm³/mol. The van der Waals surface area contributed by atoms with Crippen LogP contribution in [0.2, 0.25) is 5.02 Å². The molecule has 0 spiro atoms. The minimum absolute atomic E-state index is 0.459. The number of hydrogen-bond donors (Lipinski definition) is 1. The van der Waals surface area contributed by atoms with E-state index in [1.807, 2.05) is 0 Å². The molecule has 0 radical (unpaired) electrons. The first kappa shape index (κ1) is 10.9. The molecule has 4 nitrogen and oxygen atoms in total. The molecule has 0 aliphatic heterocycles. The topological polar surface area (TPSA) is 55.1 Å². The zero-order valence-corrected chi connectivity index (χ0v) is 9.00. The first-order valence-corrected chi connectivity index (χ1v) is 5.02. The fourth-order valence-electron chi connectivity index (χ4n) is 1.35. The van der Waals surface area contributed by atoms with Crippen LogP contribution >= 0.6 is 11.6 Å². The molecular weight excluding hydrogens is 228 g/mol. The van der Waals surface area contributed by atoms with Crippen molar-refractivity contribution in [1.82, 2.24) is 9.55 Å². The maximum atomic E-state index is 11.7. The summed E-state index contributed by atoms with van der Waals surface area (Å²) in [4.78, 5) is 15.5. The Hall–Kier alpha value is -1.65. The van der Waals surface area contributed by atoms with Gasteiger partial charge in [-0.25, -0.2) is 4.98 Å². The summed E-state index contributed by atoms with van der Waals surface area (Å²) in [5, 5.41) is 10.3. The third-order valence-corrected chi connectivity index (χ3v) is 2.39. The van der Waals surface area contributed by atoms with E-state index >= 15 is 0 Å². The average molecular weight is 237 g/mol. The highest BCUT2D eigenvalue weighted by Gasteiger charge is 2.18. The van der Waals surface area contributed by atoms with E-state index in [4.69, 9.17) is 11.6 Å². The van der Waals surface area contributed by atoms with Gasteiger partial charge < -0.3 is 5.11 Å². The van der Waals surface area contributed by atoms with E-state index in [0.29, 0.717) is 10.6 Å². The lowest BCUT2D eigenvalue weighted by Crippen LogP contribution is -2.18. The number of hydrogen-bond acceptors (Lipinski definition) is 3. The second-order valence-corrected chi connectivity index (χ2v) is 3.70. The van der Waals surface area contributed by atoms with E-state index in [1.54, 1.807) is 24.3 Å². The minimum atomic E-state index is -1.23. The van der Waals surface area contributed by atoms with Crippen molar-refractivity contribution in [3.63, 3.8) is 0 Å². The van der Waals surface area contributed by atoms with Gasteiger partial charge in [0.15, 0.2) is 6.10 Å². The van der Waals surface area contributed by atoms with Crippen LogP contribution in [-0.4, -0.2) is 20.6 Å². The van der Waals surface area contributed by atoms with Crippen molar-refractivity contribution in [2.24, 2.45) is 0 Å². The molecule has 1 heterocycles. The summed E-state index contributed by atoms with van der Waals surface area (Å²) in [5.74, 6) is -0.459. The molecule has 0 bridgehead atoms. The molecule has 2 rings (SSSR count). The second-order valence-electron chi connectivity index (χ2n) is 3.27. The van der Waals surface area contributed by atoms with Gasteiger partial charge in [-0.05, 0) is 17.7 Å². The smallest absolute Gasteiger partial charge is 0.265 e. The average Bonchev–Trinajstić information content (AvgIpc) is 2.80. The molecule has 0 aliphatic rings. The Bertz CT molecular complexity index is 496. The number of nitrogens with zero attached hydrogens (tertiary/aromatic N) is 2. The normalized spacial score (nSPS) is 12.4. The van der Waals surface area contributed by atoms with Crippen molar-refractivity contribution in [3.05, 3.63) is 53.6 Å². The molecule has 0 saturated heterocycles. The van der Waals surface area contributed by atoms with Crippen molar-refractivity contribution in [2.75, 3.05) is 0 Å². The summed E-state index contributed by atoms with van der Waals surface area (Å²) >= 11 is 5.78. The maximum Gasteiger partial charge on any atom is 0.265 e. The van der Waals surface area contributed by atoms with Crippen molar-refractivity contribution in [2.45, 2.75) is 6.10 Å². The monoisotopic (exact) mass is 236 g/mol. The quantitative estimate of drug-likeness (QED) is 0.867. The van der Waals surface area contributed by atoms with E-state index in [-0.39, 0.29) is 0 Å². The van der Waals surface area contributed by atoms with Crippen LogP contribution in [0.3, 0.4) is 0 Å². The van der Waals surface area contributed by atoms with Crippen LogP contribution in [0.1, 0.15) is 16.5 Å². The van der Waals surface area contributed by atoms with Crippen LogP contribution in [-0.2, 0) is 0 Å². The molecular formula is C11H9ClN2O2. The van der Waals surface area contributed by atoms with Gasteiger partial charge in [0.2, 0.25) is 0 Å². The standard InChI is InChI=1S/C11H9ClN2O2/c12-9-3-1-2-8(6-9)10(15)11(16)14-5-4-13-7-14/h1-7,10,15H. The SMILES string of the molecule is O=C(C(O)c1cccc(Cl)c1)n1ccnc1. The summed E-state index contributed by atoms with van der Waals surface area (Å²) in [6.45, 7) is 0. The minimum Gasteiger partial charge on any atom is -0.378 e. The van der Waals surface area contributed by atoms with Crippen LogP contribution in [0.25, 0.3) is 0 Å². The van der Waals surface area contributed by atoms with Crippen molar-refractivity contribution >= 4 is 17.5 Å². The first-order chi connectivity index (χ1) is 7.68. The Morgan fingerprint density at radius 1 is 1.50 bits per heavy atom. The molecule has 2 aromatic rings. The number of benzene rings is 1. The number of rotatable bonds is 2. The molecule has 1 aromatic carbocycles. The third kappa shape index (κ3) is 2.13. The number of aromatic nitrogens is 2. The van der Waals surface area contributed by atoms with Gasteiger partial charge >= 0.3 is 0 Å². The number of aliphatic hydroxyl groups excluding tert-OH is 1. The zero-order valence-electron chi connectivity index (χ0n) is 8.25. The molecule has 1 N–H and O–H groups in total. The molecule has 1 atom stereocenters. The van der Waals surface area contributed by atoms with E-state index in [9.17, 15) is 9.90 Å². The molecule has 16 heavy (non-hydrogen) atoms. The summed E-state index contributed by atoms with van der Waals surface area (Å²) in [6, 6.07) is 6.56. The maximum absolute atomic E-state index is 11.7. The fraction of sp³-hybridized carbons (Fsp3) is 0.0909. The Balaban J connectivity index is 2.26. The number of carbonyl (C=O) groups excluding carboxylic acids is 1. The lowest BCUT2D eigenvalue weighted by Gasteiger charge is -2.10. The summed E-state index contributed by atoms with van der Waals surface area (Å²) in [6.07, 6.45) is 3.07. The van der Waals surface area contributed by atoms with E-state index in [1.165, 1.54) is 23.3 Å². The van der Waals surface area contributed by atoms with Gasteiger partial charge in [0, 0.05) is 17.4 Å². The van der Waals surface area contributed by atoms with Gasteiger partial charge in [-0.15, -0.1) is 0 Å². The zero-order chi connectivity index (χ0) is 11.5. The highest BCUT2D eigenvalue weighted by molar-refractivity contribution is 6.30. The number of carbonyl (C=O) groups is 1. The van der Waals surface area contributed by atoms with Crippen LogP contribution in [0.15, 0.2) is 43.0 Å². The largest absolute Gasteiger partial charge is 0.378 e. The highest BCUT2D eigenvalue weighted by Crippen LogP contribution is 2.19. The van der Waals surface area contributed by atoms with Gasteiger partial charge in [-0.1, -0.05) is 23.7 Å². The highest BCUT2D eigenvalue weighted by atomic mass is 35.5. The molecule has 1 unspecified atom stereocenters. The lowest BCUT2D eigenvalue weighted by atomic mass is 10.1. The van der Waals surface area contributed by atoms with Gasteiger partial charge in [0.1, 0.15) is 6.33 Å².